The Morgan fingerprint density at radius 1 is 1.21 bits per heavy atom. The molecular formula is C17H24O2. The van der Waals surface area contributed by atoms with Gasteiger partial charge in [-0.05, 0) is 48.8 Å². The van der Waals surface area contributed by atoms with Gasteiger partial charge in [0.15, 0.2) is 5.78 Å². The van der Waals surface area contributed by atoms with E-state index in [-0.39, 0.29) is 5.78 Å². The zero-order valence-electron chi connectivity index (χ0n) is 12.3. The lowest BCUT2D eigenvalue weighted by Gasteiger charge is -2.28. The van der Waals surface area contributed by atoms with E-state index in [2.05, 4.69) is 18.2 Å². The highest BCUT2D eigenvalue weighted by Gasteiger charge is 2.34. The maximum atomic E-state index is 12.5. The van der Waals surface area contributed by atoms with Crippen LogP contribution in [0.1, 0.15) is 49.8 Å². The summed E-state index contributed by atoms with van der Waals surface area (Å²) in [5.74, 6) is 0.206. The zero-order valence-corrected chi connectivity index (χ0v) is 12.3. The lowest BCUT2D eigenvalue weighted by molar-refractivity contribution is -0.141. The molecular weight excluding hydrogens is 236 g/mol. The van der Waals surface area contributed by atoms with E-state index in [9.17, 15) is 4.79 Å². The van der Waals surface area contributed by atoms with Gasteiger partial charge in [0.05, 0.1) is 0 Å². The smallest absolute Gasteiger partial charge is 0.168 e. The minimum absolute atomic E-state index is 0.206. The summed E-state index contributed by atoms with van der Waals surface area (Å²) >= 11 is 0. The van der Waals surface area contributed by atoms with Crippen LogP contribution in [0.2, 0.25) is 0 Å². The van der Waals surface area contributed by atoms with Crippen molar-refractivity contribution >= 4 is 5.78 Å². The van der Waals surface area contributed by atoms with Crippen molar-refractivity contribution < 1.29 is 9.53 Å². The van der Waals surface area contributed by atoms with Gasteiger partial charge in [0.25, 0.3) is 0 Å². The van der Waals surface area contributed by atoms with Crippen molar-refractivity contribution in [2.45, 2.75) is 58.0 Å². The second-order valence-electron chi connectivity index (χ2n) is 5.46. The molecule has 1 aromatic rings. The topological polar surface area (TPSA) is 26.3 Å². The predicted octanol–water partition coefficient (Wildman–Crippen LogP) is 3.49. The van der Waals surface area contributed by atoms with E-state index in [4.69, 9.17) is 4.74 Å². The SMILES string of the molecule is CCC(CC)(OC)C(=O)Cc1ccc2c(c1)CCC2. The summed E-state index contributed by atoms with van der Waals surface area (Å²) in [6, 6.07) is 6.51. The highest BCUT2D eigenvalue weighted by atomic mass is 16.5. The van der Waals surface area contributed by atoms with Crippen LogP contribution in [-0.4, -0.2) is 18.5 Å². The molecule has 1 aromatic carbocycles. The normalized spacial score (nSPS) is 14.5. The number of fused-ring (bicyclic) bond motifs is 1. The fraction of sp³-hybridized carbons (Fsp3) is 0.588. The lowest BCUT2D eigenvalue weighted by Crippen LogP contribution is -2.40. The van der Waals surface area contributed by atoms with Gasteiger partial charge in [0.2, 0.25) is 0 Å². The van der Waals surface area contributed by atoms with Crippen LogP contribution in [0.4, 0.5) is 0 Å². The van der Waals surface area contributed by atoms with Crippen LogP contribution in [0.5, 0.6) is 0 Å². The van der Waals surface area contributed by atoms with Crippen LogP contribution in [0.15, 0.2) is 18.2 Å². The molecule has 0 saturated heterocycles. The van der Waals surface area contributed by atoms with Gasteiger partial charge in [0.1, 0.15) is 5.60 Å². The Kier molecular flexibility index (Phi) is 4.41. The highest BCUT2D eigenvalue weighted by molar-refractivity contribution is 5.89. The Morgan fingerprint density at radius 2 is 1.89 bits per heavy atom. The van der Waals surface area contributed by atoms with Crippen molar-refractivity contribution in [1.29, 1.82) is 0 Å². The molecule has 19 heavy (non-hydrogen) atoms. The maximum Gasteiger partial charge on any atom is 0.168 e. The van der Waals surface area contributed by atoms with Gasteiger partial charge in [-0.2, -0.15) is 0 Å². The minimum Gasteiger partial charge on any atom is -0.370 e. The first kappa shape index (κ1) is 14.3. The van der Waals surface area contributed by atoms with Crippen molar-refractivity contribution in [3.05, 3.63) is 34.9 Å². The van der Waals surface area contributed by atoms with Crippen LogP contribution in [-0.2, 0) is 28.8 Å². The third-order valence-corrected chi connectivity index (χ3v) is 4.57. The number of carbonyl (C=O) groups excluding carboxylic acids is 1. The number of hydrogen-bond acceptors (Lipinski definition) is 2. The van der Waals surface area contributed by atoms with Crippen LogP contribution in [0.3, 0.4) is 0 Å². The summed E-state index contributed by atoms with van der Waals surface area (Å²) in [7, 11) is 1.65. The van der Waals surface area contributed by atoms with Crippen LogP contribution >= 0.6 is 0 Å². The second-order valence-corrected chi connectivity index (χ2v) is 5.46. The molecule has 0 unspecified atom stereocenters. The molecule has 0 radical (unpaired) electrons. The number of benzene rings is 1. The molecule has 0 bridgehead atoms. The molecule has 0 atom stereocenters. The van der Waals surface area contributed by atoms with Crippen molar-refractivity contribution in [2.24, 2.45) is 0 Å². The van der Waals surface area contributed by atoms with Crippen molar-refractivity contribution in [1.82, 2.24) is 0 Å². The Labute approximate surface area is 116 Å². The summed E-state index contributed by atoms with van der Waals surface area (Å²) in [6.07, 6.45) is 5.57. The van der Waals surface area contributed by atoms with Gasteiger partial charge < -0.3 is 4.74 Å². The van der Waals surface area contributed by atoms with E-state index in [0.717, 1.165) is 24.8 Å². The minimum atomic E-state index is -0.598. The molecule has 0 spiro atoms. The van der Waals surface area contributed by atoms with E-state index in [0.29, 0.717) is 6.42 Å². The molecule has 0 aliphatic heterocycles. The van der Waals surface area contributed by atoms with E-state index in [1.807, 2.05) is 13.8 Å². The maximum absolute atomic E-state index is 12.5. The number of hydrogen-bond donors (Lipinski definition) is 0. The Hall–Kier alpha value is -1.15. The largest absolute Gasteiger partial charge is 0.370 e. The molecule has 104 valence electrons. The summed E-state index contributed by atoms with van der Waals surface area (Å²) in [5, 5.41) is 0. The fourth-order valence-electron chi connectivity index (χ4n) is 3.13. The molecule has 0 heterocycles. The van der Waals surface area contributed by atoms with Gasteiger partial charge in [0, 0.05) is 13.5 Å². The monoisotopic (exact) mass is 260 g/mol. The fourth-order valence-corrected chi connectivity index (χ4v) is 3.13. The first-order chi connectivity index (χ1) is 9.15. The molecule has 2 heteroatoms. The van der Waals surface area contributed by atoms with Gasteiger partial charge in [-0.15, -0.1) is 0 Å². The van der Waals surface area contributed by atoms with E-state index < -0.39 is 5.60 Å². The molecule has 0 amide bonds. The highest BCUT2D eigenvalue weighted by Crippen LogP contribution is 2.26. The van der Waals surface area contributed by atoms with Crippen molar-refractivity contribution in [2.75, 3.05) is 7.11 Å². The molecule has 0 saturated carbocycles. The number of methoxy groups -OCH3 is 1. The third kappa shape index (κ3) is 2.74. The molecule has 0 N–H and O–H groups in total. The zero-order chi connectivity index (χ0) is 13.9. The van der Waals surface area contributed by atoms with E-state index >= 15 is 0 Å². The molecule has 2 rings (SSSR count). The summed E-state index contributed by atoms with van der Waals surface area (Å²) in [6.45, 7) is 4.04. The quantitative estimate of drug-likeness (QED) is 0.782. The number of carbonyl (C=O) groups is 1. The third-order valence-electron chi connectivity index (χ3n) is 4.57. The van der Waals surface area contributed by atoms with Crippen LogP contribution in [0, 0.1) is 0 Å². The van der Waals surface area contributed by atoms with Gasteiger partial charge in [-0.3, -0.25) is 4.79 Å². The number of Topliss-reactive ketones (excluding diaryl/α,β-unsaturated/α-hetero) is 1. The lowest BCUT2D eigenvalue weighted by atomic mass is 9.87. The summed E-state index contributed by atoms with van der Waals surface area (Å²) < 4.78 is 5.51. The van der Waals surface area contributed by atoms with Crippen molar-refractivity contribution in [3.63, 3.8) is 0 Å². The van der Waals surface area contributed by atoms with Crippen LogP contribution in [0.25, 0.3) is 0 Å². The Balaban J connectivity index is 2.14. The first-order valence-corrected chi connectivity index (χ1v) is 7.34. The molecule has 1 aliphatic carbocycles. The van der Waals surface area contributed by atoms with Crippen LogP contribution < -0.4 is 0 Å². The standard InChI is InChI=1S/C17H24O2/c1-4-17(5-2,19-3)16(18)12-13-9-10-14-7-6-8-15(14)11-13/h9-11H,4-8,12H2,1-3H3. The van der Waals surface area contributed by atoms with Crippen molar-refractivity contribution in [3.8, 4) is 0 Å². The van der Waals surface area contributed by atoms with Gasteiger partial charge in [-0.25, -0.2) is 0 Å². The first-order valence-electron chi connectivity index (χ1n) is 7.34. The average Bonchev–Trinajstić information content (AvgIpc) is 2.89. The predicted molar refractivity (Wildman–Crippen MR) is 77.5 cm³/mol. The summed E-state index contributed by atoms with van der Waals surface area (Å²) in [4.78, 5) is 12.5. The number of ether oxygens (including phenoxy) is 1. The van der Waals surface area contributed by atoms with Gasteiger partial charge >= 0.3 is 0 Å². The van der Waals surface area contributed by atoms with E-state index in [1.165, 1.54) is 24.0 Å². The average molecular weight is 260 g/mol. The van der Waals surface area contributed by atoms with E-state index in [1.54, 1.807) is 7.11 Å². The second kappa shape index (κ2) is 5.87. The Bertz CT molecular complexity index is 450. The summed E-state index contributed by atoms with van der Waals surface area (Å²) in [5.41, 5.74) is 3.43. The Morgan fingerprint density at radius 3 is 2.53 bits per heavy atom. The molecule has 2 nitrogen and oxygen atoms in total. The number of rotatable bonds is 6. The molecule has 0 fully saturated rings. The van der Waals surface area contributed by atoms with Gasteiger partial charge in [-0.1, -0.05) is 32.0 Å². The molecule has 1 aliphatic rings. The number of aryl methyl sites for hydroxylation is 2. The number of ketones is 1. The molecule has 0 aromatic heterocycles.